The van der Waals surface area contributed by atoms with Gasteiger partial charge in [0.25, 0.3) is 5.91 Å². The van der Waals surface area contributed by atoms with Crippen molar-refractivity contribution in [1.82, 2.24) is 20.4 Å². The van der Waals surface area contributed by atoms with Gasteiger partial charge in [-0.05, 0) is 69.1 Å². The summed E-state index contributed by atoms with van der Waals surface area (Å²) in [4.78, 5) is 15.0. The van der Waals surface area contributed by atoms with Gasteiger partial charge in [-0.1, -0.05) is 41.8 Å². The van der Waals surface area contributed by atoms with Crippen LogP contribution in [0, 0.1) is 0 Å². The van der Waals surface area contributed by atoms with E-state index in [9.17, 15) is 4.79 Å². The number of nitrogens with zero attached hydrogens (tertiary/aromatic N) is 2. The summed E-state index contributed by atoms with van der Waals surface area (Å²) in [6.45, 7) is 5.20. The molecule has 0 radical (unpaired) electrons. The van der Waals surface area contributed by atoms with Crippen LogP contribution in [0.1, 0.15) is 43.0 Å². The summed E-state index contributed by atoms with van der Waals surface area (Å²) in [5.41, 5.74) is 4.01. The van der Waals surface area contributed by atoms with E-state index in [0.717, 1.165) is 35.5 Å². The lowest BCUT2D eigenvalue weighted by molar-refractivity contribution is 0.0949. The normalized spacial score (nSPS) is 16.8. The number of carbonyl (C=O) groups excluding carboxylic acids is 1. The standard InChI is InChI=1S/C25H28Cl2N4O/c1-17-5-2-3-13-31(17)14-4-12-28-25(32)19-8-6-18(7-9-19)23-16-24(30-29-23)21-11-10-20(26)15-22(21)27/h6-11,15-17H,2-5,12-14H2,1H3,(H,28,32)(H,29,30). The van der Waals surface area contributed by atoms with Gasteiger partial charge in [-0.15, -0.1) is 0 Å². The highest BCUT2D eigenvalue weighted by molar-refractivity contribution is 6.36. The molecule has 1 fully saturated rings. The van der Waals surface area contributed by atoms with Gasteiger partial charge >= 0.3 is 0 Å². The average Bonchev–Trinajstić information content (AvgIpc) is 3.28. The smallest absolute Gasteiger partial charge is 0.251 e. The molecule has 3 aromatic rings. The van der Waals surface area contributed by atoms with Crippen molar-refractivity contribution < 1.29 is 4.79 Å². The van der Waals surface area contributed by atoms with Crippen molar-refractivity contribution in [3.05, 3.63) is 64.1 Å². The fourth-order valence-corrected chi connectivity index (χ4v) is 4.69. The molecule has 5 nitrogen and oxygen atoms in total. The van der Waals surface area contributed by atoms with Crippen molar-refractivity contribution in [2.75, 3.05) is 19.6 Å². The molecular weight excluding hydrogens is 443 g/mol. The molecule has 1 aliphatic rings. The molecule has 2 N–H and O–H groups in total. The molecule has 1 aliphatic heterocycles. The molecule has 2 aromatic carbocycles. The van der Waals surface area contributed by atoms with Gasteiger partial charge in [-0.2, -0.15) is 5.10 Å². The zero-order chi connectivity index (χ0) is 22.5. The zero-order valence-corrected chi connectivity index (χ0v) is 19.7. The lowest BCUT2D eigenvalue weighted by Crippen LogP contribution is -2.39. The van der Waals surface area contributed by atoms with E-state index < -0.39 is 0 Å². The Morgan fingerprint density at radius 1 is 1.16 bits per heavy atom. The highest BCUT2D eigenvalue weighted by Crippen LogP contribution is 2.31. The number of piperidine rings is 1. The van der Waals surface area contributed by atoms with Crippen LogP contribution in [-0.2, 0) is 0 Å². The van der Waals surface area contributed by atoms with Crippen LogP contribution in [-0.4, -0.2) is 46.7 Å². The van der Waals surface area contributed by atoms with Crippen LogP contribution >= 0.6 is 23.2 Å². The predicted molar refractivity (Wildman–Crippen MR) is 131 cm³/mol. The molecule has 2 heterocycles. The number of amides is 1. The minimum atomic E-state index is -0.0427. The second kappa shape index (κ2) is 10.5. The largest absolute Gasteiger partial charge is 0.352 e. The van der Waals surface area contributed by atoms with Crippen molar-refractivity contribution in [3.8, 4) is 22.5 Å². The highest BCUT2D eigenvalue weighted by Gasteiger charge is 2.17. The number of benzene rings is 2. The van der Waals surface area contributed by atoms with Crippen LogP contribution in [0.5, 0.6) is 0 Å². The Balaban J connectivity index is 1.32. The van der Waals surface area contributed by atoms with Gasteiger partial charge in [0.05, 0.1) is 16.4 Å². The average molecular weight is 471 g/mol. The summed E-state index contributed by atoms with van der Waals surface area (Å²) < 4.78 is 0. The first-order chi connectivity index (χ1) is 15.5. The third kappa shape index (κ3) is 5.52. The van der Waals surface area contributed by atoms with Crippen molar-refractivity contribution in [1.29, 1.82) is 0 Å². The number of hydrogen-bond donors (Lipinski definition) is 2. The van der Waals surface area contributed by atoms with Gasteiger partial charge < -0.3 is 10.2 Å². The molecule has 0 spiro atoms. The Morgan fingerprint density at radius 2 is 1.97 bits per heavy atom. The summed E-state index contributed by atoms with van der Waals surface area (Å²) in [6, 6.07) is 15.4. The maximum absolute atomic E-state index is 12.5. The Hall–Kier alpha value is -2.34. The summed E-state index contributed by atoms with van der Waals surface area (Å²) in [5, 5.41) is 11.6. The minimum absolute atomic E-state index is 0.0427. The molecule has 4 rings (SSSR count). The minimum Gasteiger partial charge on any atom is -0.352 e. The third-order valence-electron chi connectivity index (χ3n) is 6.09. The van der Waals surface area contributed by atoms with Crippen molar-refractivity contribution >= 4 is 29.1 Å². The number of hydrogen-bond acceptors (Lipinski definition) is 3. The second-order valence-electron chi connectivity index (χ2n) is 8.36. The van der Waals surface area contributed by atoms with E-state index in [1.165, 1.54) is 25.8 Å². The summed E-state index contributed by atoms with van der Waals surface area (Å²) in [5.74, 6) is -0.0427. The molecule has 0 bridgehead atoms. The van der Waals surface area contributed by atoms with Crippen LogP contribution in [0.2, 0.25) is 10.0 Å². The van der Waals surface area contributed by atoms with Crippen LogP contribution in [0.25, 0.3) is 22.5 Å². The van der Waals surface area contributed by atoms with Crippen molar-refractivity contribution in [3.63, 3.8) is 0 Å². The molecule has 1 unspecified atom stereocenters. The number of rotatable bonds is 7. The monoisotopic (exact) mass is 470 g/mol. The van der Waals surface area contributed by atoms with Crippen molar-refractivity contribution in [2.24, 2.45) is 0 Å². The molecule has 1 atom stereocenters. The highest BCUT2D eigenvalue weighted by atomic mass is 35.5. The Bertz CT molecular complexity index is 1060. The lowest BCUT2D eigenvalue weighted by atomic mass is 10.0. The molecule has 1 amide bonds. The van der Waals surface area contributed by atoms with Crippen LogP contribution < -0.4 is 5.32 Å². The Labute approximate surface area is 199 Å². The fraction of sp³-hybridized carbons (Fsp3) is 0.360. The van der Waals surface area contributed by atoms with Crippen LogP contribution in [0.3, 0.4) is 0 Å². The summed E-state index contributed by atoms with van der Waals surface area (Å²) in [6.07, 6.45) is 4.87. The van der Waals surface area contributed by atoms with Gasteiger partial charge in [0.2, 0.25) is 0 Å². The number of aromatic nitrogens is 2. The van der Waals surface area contributed by atoms with Crippen LogP contribution in [0.4, 0.5) is 0 Å². The molecule has 0 aliphatic carbocycles. The first-order valence-electron chi connectivity index (χ1n) is 11.1. The molecular formula is C25H28Cl2N4O. The number of H-pyrrole nitrogens is 1. The molecule has 32 heavy (non-hydrogen) atoms. The zero-order valence-electron chi connectivity index (χ0n) is 18.2. The number of aromatic amines is 1. The molecule has 7 heteroatoms. The fourth-order valence-electron chi connectivity index (χ4n) is 4.18. The van der Waals surface area contributed by atoms with E-state index in [0.29, 0.717) is 28.2 Å². The first-order valence-corrected chi connectivity index (χ1v) is 11.9. The number of likely N-dealkylation sites (tertiary alicyclic amines) is 1. The van der Waals surface area contributed by atoms with Gasteiger partial charge in [-0.25, -0.2) is 0 Å². The van der Waals surface area contributed by atoms with Gasteiger partial charge in [0, 0.05) is 40.8 Å². The SMILES string of the molecule is CC1CCCCN1CCCNC(=O)c1ccc(-c2cc(-c3ccc(Cl)cc3Cl)[nH]n2)cc1. The van der Waals surface area contributed by atoms with Gasteiger partial charge in [0.15, 0.2) is 0 Å². The van der Waals surface area contributed by atoms with Crippen LogP contribution in [0.15, 0.2) is 48.5 Å². The predicted octanol–water partition coefficient (Wildman–Crippen LogP) is 6.04. The maximum Gasteiger partial charge on any atom is 0.251 e. The number of nitrogens with one attached hydrogen (secondary N) is 2. The van der Waals surface area contributed by atoms with E-state index in [1.807, 2.05) is 36.4 Å². The summed E-state index contributed by atoms with van der Waals surface area (Å²) >= 11 is 12.3. The molecule has 0 saturated carbocycles. The van der Waals surface area contributed by atoms with Gasteiger partial charge in [-0.3, -0.25) is 9.89 Å². The first kappa shape index (κ1) is 22.8. The molecule has 1 saturated heterocycles. The van der Waals surface area contributed by atoms with E-state index in [-0.39, 0.29) is 5.91 Å². The number of halogens is 2. The number of carbonyl (C=O) groups is 1. The van der Waals surface area contributed by atoms with E-state index in [1.54, 1.807) is 12.1 Å². The van der Waals surface area contributed by atoms with Crippen molar-refractivity contribution in [2.45, 2.75) is 38.6 Å². The quantitative estimate of drug-likeness (QED) is 0.413. The van der Waals surface area contributed by atoms with E-state index in [2.05, 4.69) is 27.3 Å². The van der Waals surface area contributed by atoms with E-state index >= 15 is 0 Å². The van der Waals surface area contributed by atoms with E-state index in [4.69, 9.17) is 23.2 Å². The Morgan fingerprint density at radius 3 is 2.72 bits per heavy atom. The topological polar surface area (TPSA) is 61.0 Å². The Kier molecular flexibility index (Phi) is 7.51. The molecule has 1 aromatic heterocycles. The summed E-state index contributed by atoms with van der Waals surface area (Å²) in [7, 11) is 0. The maximum atomic E-state index is 12.5. The third-order valence-corrected chi connectivity index (χ3v) is 6.64. The lowest BCUT2D eigenvalue weighted by Gasteiger charge is -2.33. The second-order valence-corrected chi connectivity index (χ2v) is 9.20. The molecule has 168 valence electrons. The van der Waals surface area contributed by atoms with Gasteiger partial charge in [0.1, 0.15) is 0 Å².